The SMILES string of the molecule is Cc1cc(Oc2cccc(C(F)(F)F)c2)nn1C(=O)Nc1cc(OC2CCCC2)c(Cl)cc1F. The van der Waals surface area contributed by atoms with E-state index in [9.17, 15) is 22.4 Å². The third kappa shape index (κ3) is 5.44. The number of amides is 1. The van der Waals surface area contributed by atoms with Gasteiger partial charge in [0.2, 0.25) is 5.88 Å². The van der Waals surface area contributed by atoms with Gasteiger partial charge >= 0.3 is 12.2 Å². The summed E-state index contributed by atoms with van der Waals surface area (Å²) in [5, 5.41) is 6.47. The molecule has 0 spiro atoms. The highest BCUT2D eigenvalue weighted by atomic mass is 35.5. The Morgan fingerprint density at radius 2 is 1.91 bits per heavy atom. The minimum absolute atomic E-state index is 0.0181. The first-order valence-corrected chi connectivity index (χ1v) is 10.9. The van der Waals surface area contributed by atoms with Crippen molar-refractivity contribution in [3.63, 3.8) is 0 Å². The molecule has 11 heteroatoms. The van der Waals surface area contributed by atoms with Crippen LogP contribution >= 0.6 is 11.6 Å². The number of nitrogens with one attached hydrogen (secondary N) is 1. The molecule has 3 aromatic rings. The Bertz CT molecular complexity index is 1210. The second-order valence-corrected chi connectivity index (χ2v) is 8.29. The van der Waals surface area contributed by atoms with Gasteiger partial charge in [-0.05, 0) is 56.9 Å². The number of nitrogens with zero attached hydrogens (tertiary/aromatic N) is 2. The highest BCUT2D eigenvalue weighted by Crippen LogP contribution is 2.35. The quantitative estimate of drug-likeness (QED) is 0.379. The van der Waals surface area contributed by atoms with Crippen LogP contribution in [0.2, 0.25) is 5.02 Å². The summed E-state index contributed by atoms with van der Waals surface area (Å²) in [4.78, 5) is 12.7. The molecule has 0 atom stereocenters. The van der Waals surface area contributed by atoms with Gasteiger partial charge in [0, 0.05) is 12.1 Å². The van der Waals surface area contributed by atoms with E-state index in [1.807, 2.05) is 0 Å². The Morgan fingerprint density at radius 3 is 2.62 bits per heavy atom. The van der Waals surface area contributed by atoms with E-state index < -0.39 is 23.6 Å². The number of carbonyl (C=O) groups excluding carboxylic acids is 1. The van der Waals surface area contributed by atoms with E-state index in [-0.39, 0.29) is 34.2 Å². The Balaban J connectivity index is 1.50. The molecular weight excluding hydrogens is 478 g/mol. The first kappa shape index (κ1) is 23.9. The standard InChI is InChI=1S/C23H20ClF4N3O3/c1-13-9-21(34-16-8-4-5-14(10-16)23(26,27)28)30-31(13)22(32)29-19-12-20(17(24)11-18(19)25)33-15-6-2-3-7-15/h4-5,8-12,15H,2-3,6-7H2,1H3,(H,29,32). The molecule has 6 nitrogen and oxygen atoms in total. The van der Waals surface area contributed by atoms with Crippen LogP contribution in [0.1, 0.15) is 36.9 Å². The lowest BCUT2D eigenvalue weighted by molar-refractivity contribution is -0.137. The maximum absolute atomic E-state index is 14.4. The van der Waals surface area contributed by atoms with E-state index in [1.165, 1.54) is 24.3 Å². The summed E-state index contributed by atoms with van der Waals surface area (Å²) in [7, 11) is 0. The second kappa shape index (κ2) is 9.54. The summed E-state index contributed by atoms with van der Waals surface area (Å²) >= 11 is 6.10. The molecule has 1 heterocycles. The number of rotatable bonds is 5. The molecule has 1 aliphatic rings. The van der Waals surface area contributed by atoms with Crippen molar-refractivity contribution in [1.29, 1.82) is 0 Å². The van der Waals surface area contributed by atoms with E-state index in [2.05, 4.69) is 10.4 Å². The van der Waals surface area contributed by atoms with Gasteiger partial charge in [-0.1, -0.05) is 17.7 Å². The zero-order valence-electron chi connectivity index (χ0n) is 18.0. The van der Waals surface area contributed by atoms with Crippen LogP contribution in [0, 0.1) is 12.7 Å². The van der Waals surface area contributed by atoms with Gasteiger partial charge in [-0.25, -0.2) is 9.18 Å². The fourth-order valence-electron chi connectivity index (χ4n) is 3.63. The summed E-state index contributed by atoms with van der Waals surface area (Å²) < 4.78 is 65.3. The molecule has 1 aliphatic carbocycles. The van der Waals surface area contributed by atoms with Crippen LogP contribution in [-0.2, 0) is 6.18 Å². The molecule has 1 N–H and O–H groups in total. The first-order chi connectivity index (χ1) is 16.1. The molecule has 0 unspecified atom stereocenters. The van der Waals surface area contributed by atoms with Crippen molar-refractivity contribution >= 4 is 23.3 Å². The molecule has 1 amide bonds. The third-order valence-corrected chi connectivity index (χ3v) is 5.60. The number of ether oxygens (including phenoxy) is 2. The molecule has 1 saturated carbocycles. The van der Waals surface area contributed by atoms with Crippen molar-refractivity contribution in [3.05, 3.63) is 64.6 Å². The lowest BCUT2D eigenvalue weighted by Gasteiger charge is -2.16. The van der Waals surface area contributed by atoms with Gasteiger partial charge in [-0.2, -0.15) is 17.9 Å². The van der Waals surface area contributed by atoms with E-state index in [0.29, 0.717) is 5.69 Å². The number of halogens is 5. The van der Waals surface area contributed by atoms with E-state index in [4.69, 9.17) is 21.1 Å². The number of aromatic nitrogens is 2. The number of anilines is 1. The number of hydrogen-bond donors (Lipinski definition) is 1. The minimum atomic E-state index is -4.53. The number of hydrogen-bond acceptors (Lipinski definition) is 4. The van der Waals surface area contributed by atoms with Crippen LogP contribution in [0.3, 0.4) is 0 Å². The van der Waals surface area contributed by atoms with E-state index in [0.717, 1.165) is 48.6 Å². The fourth-order valence-corrected chi connectivity index (χ4v) is 3.82. The minimum Gasteiger partial charge on any atom is -0.489 e. The summed E-state index contributed by atoms with van der Waals surface area (Å²) in [6.45, 7) is 1.54. The van der Waals surface area contributed by atoms with Gasteiger partial charge in [0.25, 0.3) is 0 Å². The summed E-state index contributed by atoms with van der Waals surface area (Å²) in [5.41, 5.74) is -0.721. The summed E-state index contributed by atoms with van der Waals surface area (Å²) in [6, 6.07) is 7.20. The van der Waals surface area contributed by atoms with Crippen molar-refractivity contribution in [2.45, 2.75) is 44.9 Å². The number of aryl methyl sites for hydroxylation is 1. The van der Waals surface area contributed by atoms with Crippen LogP contribution in [-0.4, -0.2) is 21.9 Å². The topological polar surface area (TPSA) is 65.4 Å². The van der Waals surface area contributed by atoms with Crippen molar-refractivity contribution in [1.82, 2.24) is 9.78 Å². The Hall–Kier alpha value is -3.27. The van der Waals surface area contributed by atoms with E-state index in [1.54, 1.807) is 6.92 Å². The molecule has 1 aromatic heterocycles. The monoisotopic (exact) mass is 497 g/mol. The largest absolute Gasteiger partial charge is 0.489 e. The fraction of sp³-hybridized carbons (Fsp3) is 0.304. The van der Waals surface area contributed by atoms with Crippen molar-refractivity contribution < 1.29 is 31.8 Å². The average Bonchev–Trinajstić information content (AvgIpc) is 3.40. The van der Waals surface area contributed by atoms with Crippen molar-refractivity contribution in [2.75, 3.05) is 5.32 Å². The van der Waals surface area contributed by atoms with Crippen LogP contribution in [0.15, 0.2) is 42.5 Å². The smallest absolute Gasteiger partial charge is 0.416 e. The zero-order chi connectivity index (χ0) is 24.5. The number of carbonyl (C=O) groups is 1. The third-order valence-electron chi connectivity index (χ3n) is 5.30. The molecule has 0 radical (unpaired) electrons. The number of alkyl halides is 3. The van der Waals surface area contributed by atoms with Crippen LogP contribution in [0.25, 0.3) is 0 Å². The maximum atomic E-state index is 14.4. The number of benzene rings is 2. The van der Waals surface area contributed by atoms with Gasteiger partial charge < -0.3 is 14.8 Å². The molecule has 0 saturated heterocycles. The highest BCUT2D eigenvalue weighted by molar-refractivity contribution is 6.32. The van der Waals surface area contributed by atoms with Crippen molar-refractivity contribution in [3.8, 4) is 17.4 Å². The Morgan fingerprint density at radius 1 is 1.18 bits per heavy atom. The van der Waals surface area contributed by atoms with E-state index >= 15 is 0 Å². The normalized spacial score (nSPS) is 14.3. The molecule has 4 rings (SSSR count). The predicted octanol–water partition coefficient (Wildman–Crippen LogP) is 7.20. The summed E-state index contributed by atoms with van der Waals surface area (Å²) in [5.74, 6) is -0.704. The lowest BCUT2D eigenvalue weighted by Crippen LogP contribution is -2.22. The molecule has 180 valence electrons. The van der Waals surface area contributed by atoms with Crippen molar-refractivity contribution in [2.24, 2.45) is 0 Å². The average molecular weight is 498 g/mol. The lowest BCUT2D eigenvalue weighted by atomic mass is 10.2. The maximum Gasteiger partial charge on any atom is 0.416 e. The highest BCUT2D eigenvalue weighted by Gasteiger charge is 2.30. The molecule has 0 bridgehead atoms. The predicted molar refractivity (Wildman–Crippen MR) is 117 cm³/mol. The molecule has 34 heavy (non-hydrogen) atoms. The summed E-state index contributed by atoms with van der Waals surface area (Å²) in [6.07, 6.45) is -0.729. The van der Waals surface area contributed by atoms with Crippen LogP contribution in [0.4, 0.5) is 28.0 Å². The van der Waals surface area contributed by atoms with Gasteiger partial charge in [0.15, 0.2) is 0 Å². The molecular formula is C23H20ClF4N3O3. The van der Waals surface area contributed by atoms with Gasteiger partial charge in [0.1, 0.15) is 17.3 Å². The second-order valence-electron chi connectivity index (χ2n) is 7.88. The Kier molecular flexibility index (Phi) is 6.70. The molecule has 2 aromatic carbocycles. The van der Waals surface area contributed by atoms with Crippen LogP contribution in [0.5, 0.6) is 17.4 Å². The van der Waals surface area contributed by atoms with Gasteiger partial charge in [-0.3, -0.25) is 0 Å². The first-order valence-electron chi connectivity index (χ1n) is 10.5. The Labute approximate surface area is 197 Å². The zero-order valence-corrected chi connectivity index (χ0v) is 18.7. The van der Waals surface area contributed by atoms with Crippen LogP contribution < -0.4 is 14.8 Å². The molecule has 0 aliphatic heterocycles. The van der Waals surface area contributed by atoms with Gasteiger partial charge in [0.05, 0.1) is 28.1 Å². The molecule has 1 fully saturated rings. The van der Waals surface area contributed by atoms with Gasteiger partial charge in [-0.15, -0.1) is 5.10 Å².